The number of hydrogen-bond acceptors (Lipinski definition) is 3. The molecule has 0 bridgehead atoms. The van der Waals surface area contributed by atoms with Crippen LogP contribution in [0.2, 0.25) is 0 Å². The van der Waals surface area contributed by atoms with Crippen molar-refractivity contribution in [1.29, 1.82) is 0 Å². The number of imide groups is 1. The van der Waals surface area contributed by atoms with E-state index in [4.69, 9.17) is 0 Å². The fourth-order valence-corrected chi connectivity index (χ4v) is 3.58. The molecule has 0 aromatic heterocycles. The normalized spacial score (nSPS) is 13.7. The van der Waals surface area contributed by atoms with Gasteiger partial charge in [0.15, 0.2) is 0 Å². The van der Waals surface area contributed by atoms with Crippen molar-refractivity contribution in [2.75, 3.05) is 5.32 Å². The lowest BCUT2D eigenvalue weighted by Crippen LogP contribution is -2.53. The lowest BCUT2D eigenvalue weighted by atomic mass is 10.1. The molecule has 0 spiro atoms. The maximum atomic E-state index is 13.0. The molecule has 1 aliphatic rings. The number of nitrogens with zero attached hydrogens (tertiary/aromatic N) is 1. The highest BCUT2D eigenvalue weighted by atomic mass is 16.2. The third-order valence-corrected chi connectivity index (χ3v) is 4.98. The van der Waals surface area contributed by atoms with E-state index in [1.54, 1.807) is 30.3 Å². The third-order valence-electron chi connectivity index (χ3n) is 4.98. The first-order chi connectivity index (χ1) is 14.5. The van der Waals surface area contributed by atoms with E-state index in [1.165, 1.54) is 0 Å². The summed E-state index contributed by atoms with van der Waals surface area (Å²) in [5, 5.41) is 5.58. The SMILES string of the molecule is Cc1cccc(NC(=O)NC(Cc2ccccc2)N2C(=O)c3ccccc3C2=O)c1. The van der Waals surface area contributed by atoms with Crippen LogP contribution in [-0.4, -0.2) is 28.9 Å². The molecule has 6 heteroatoms. The van der Waals surface area contributed by atoms with Gasteiger partial charge >= 0.3 is 6.03 Å². The molecule has 1 aliphatic heterocycles. The van der Waals surface area contributed by atoms with Crippen molar-refractivity contribution in [3.05, 3.63) is 101 Å². The minimum absolute atomic E-state index is 0.299. The van der Waals surface area contributed by atoms with Gasteiger partial charge in [0.2, 0.25) is 0 Å². The van der Waals surface area contributed by atoms with Crippen molar-refractivity contribution in [2.24, 2.45) is 0 Å². The van der Waals surface area contributed by atoms with Crippen LogP contribution in [0.15, 0.2) is 78.9 Å². The molecule has 1 heterocycles. The minimum Gasteiger partial charge on any atom is -0.317 e. The zero-order valence-electron chi connectivity index (χ0n) is 16.5. The fraction of sp³-hybridized carbons (Fsp3) is 0.125. The standard InChI is InChI=1S/C24H21N3O3/c1-16-8-7-11-18(14-16)25-24(30)26-21(15-17-9-3-2-4-10-17)27-22(28)19-12-5-6-13-20(19)23(27)29/h2-14,21H,15H2,1H3,(H2,25,26,30). The smallest absolute Gasteiger partial charge is 0.317 e. The van der Waals surface area contributed by atoms with Crippen LogP contribution in [0.5, 0.6) is 0 Å². The van der Waals surface area contributed by atoms with Crippen molar-refractivity contribution >= 4 is 23.5 Å². The van der Waals surface area contributed by atoms with Crippen LogP contribution in [0, 0.1) is 6.92 Å². The number of carbonyl (C=O) groups is 3. The Morgan fingerprint density at radius 1 is 0.867 bits per heavy atom. The van der Waals surface area contributed by atoms with Crippen LogP contribution >= 0.6 is 0 Å². The minimum atomic E-state index is -0.829. The lowest BCUT2D eigenvalue weighted by Gasteiger charge is -2.27. The summed E-state index contributed by atoms with van der Waals surface area (Å²) in [6.07, 6.45) is -0.530. The highest BCUT2D eigenvalue weighted by molar-refractivity contribution is 6.21. The molecule has 0 fully saturated rings. The summed E-state index contributed by atoms with van der Waals surface area (Å²) in [7, 11) is 0. The monoisotopic (exact) mass is 399 g/mol. The Morgan fingerprint density at radius 3 is 2.13 bits per heavy atom. The number of rotatable bonds is 5. The molecule has 3 aromatic rings. The van der Waals surface area contributed by atoms with E-state index in [1.807, 2.05) is 55.5 Å². The Morgan fingerprint density at radius 2 is 1.50 bits per heavy atom. The molecule has 0 aliphatic carbocycles. The van der Waals surface area contributed by atoms with Crippen molar-refractivity contribution in [3.63, 3.8) is 0 Å². The number of amides is 4. The van der Waals surface area contributed by atoms with Crippen LogP contribution in [-0.2, 0) is 6.42 Å². The Hall–Kier alpha value is -3.93. The molecule has 6 nitrogen and oxygen atoms in total. The Balaban J connectivity index is 1.59. The Bertz CT molecular complexity index is 1080. The van der Waals surface area contributed by atoms with Gasteiger partial charge in [0.25, 0.3) is 11.8 Å². The van der Waals surface area contributed by atoms with Crippen molar-refractivity contribution in [2.45, 2.75) is 19.5 Å². The highest BCUT2D eigenvalue weighted by Gasteiger charge is 2.40. The summed E-state index contributed by atoms with van der Waals surface area (Å²) >= 11 is 0. The first-order valence-corrected chi connectivity index (χ1v) is 9.68. The van der Waals surface area contributed by atoms with Gasteiger partial charge in [-0.05, 0) is 42.3 Å². The van der Waals surface area contributed by atoms with Gasteiger partial charge < -0.3 is 10.6 Å². The number of anilines is 1. The largest absolute Gasteiger partial charge is 0.320 e. The molecule has 4 amide bonds. The van der Waals surface area contributed by atoms with Crippen molar-refractivity contribution in [1.82, 2.24) is 10.2 Å². The molecule has 0 radical (unpaired) electrons. The molecular weight excluding hydrogens is 378 g/mol. The fourth-order valence-electron chi connectivity index (χ4n) is 3.58. The van der Waals surface area contributed by atoms with Gasteiger partial charge in [-0.25, -0.2) is 4.79 Å². The maximum Gasteiger partial charge on any atom is 0.320 e. The third kappa shape index (κ3) is 3.93. The van der Waals surface area contributed by atoms with E-state index >= 15 is 0 Å². The van der Waals surface area contributed by atoms with E-state index in [0.29, 0.717) is 23.2 Å². The van der Waals surface area contributed by atoms with Gasteiger partial charge in [-0.2, -0.15) is 0 Å². The first-order valence-electron chi connectivity index (χ1n) is 9.68. The summed E-state index contributed by atoms with van der Waals surface area (Å²) in [5.41, 5.74) is 3.24. The second kappa shape index (κ2) is 8.21. The predicted octanol–water partition coefficient (Wildman–Crippen LogP) is 3.98. The molecule has 2 N–H and O–H groups in total. The number of urea groups is 1. The number of nitrogens with one attached hydrogen (secondary N) is 2. The second-order valence-corrected chi connectivity index (χ2v) is 7.20. The summed E-state index contributed by atoms with van der Waals surface area (Å²) in [6.45, 7) is 1.93. The van der Waals surface area contributed by atoms with Crippen LogP contribution < -0.4 is 10.6 Å². The van der Waals surface area contributed by atoms with E-state index in [9.17, 15) is 14.4 Å². The molecule has 1 unspecified atom stereocenters. The Labute approximate surface area is 174 Å². The van der Waals surface area contributed by atoms with Crippen molar-refractivity contribution in [3.8, 4) is 0 Å². The molecular formula is C24H21N3O3. The summed E-state index contributed by atoms with van der Waals surface area (Å²) in [4.78, 5) is 39.7. The molecule has 30 heavy (non-hydrogen) atoms. The van der Waals surface area contributed by atoms with Crippen LogP contribution in [0.25, 0.3) is 0 Å². The molecule has 150 valence electrons. The maximum absolute atomic E-state index is 13.0. The topological polar surface area (TPSA) is 78.5 Å². The summed E-state index contributed by atoms with van der Waals surface area (Å²) < 4.78 is 0. The molecule has 0 saturated carbocycles. The number of carbonyl (C=O) groups excluding carboxylic acids is 3. The van der Waals surface area contributed by atoms with Gasteiger partial charge in [-0.3, -0.25) is 14.5 Å². The van der Waals surface area contributed by atoms with Crippen molar-refractivity contribution < 1.29 is 14.4 Å². The second-order valence-electron chi connectivity index (χ2n) is 7.20. The lowest BCUT2D eigenvalue weighted by molar-refractivity contribution is 0.0565. The van der Waals surface area contributed by atoms with Gasteiger partial charge in [0.1, 0.15) is 6.17 Å². The zero-order valence-corrected chi connectivity index (χ0v) is 16.5. The number of fused-ring (bicyclic) bond motifs is 1. The summed E-state index contributed by atoms with van der Waals surface area (Å²) in [6, 6.07) is 23.0. The highest BCUT2D eigenvalue weighted by Crippen LogP contribution is 2.25. The van der Waals surface area contributed by atoms with E-state index < -0.39 is 24.0 Å². The Kier molecular flexibility index (Phi) is 5.30. The molecule has 1 atom stereocenters. The molecule has 0 saturated heterocycles. The van der Waals surface area contributed by atoms with Gasteiger partial charge in [0, 0.05) is 12.1 Å². The molecule has 3 aromatic carbocycles. The van der Waals surface area contributed by atoms with Gasteiger partial charge in [0.05, 0.1) is 11.1 Å². The average Bonchev–Trinajstić information content (AvgIpc) is 2.99. The number of hydrogen-bond donors (Lipinski definition) is 2. The van der Waals surface area contributed by atoms with Gasteiger partial charge in [-0.1, -0.05) is 54.6 Å². The van der Waals surface area contributed by atoms with Gasteiger partial charge in [-0.15, -0.1) is 0 Å². The van der Waals surface area contributed by atoms with Crippen LogP contribution in [0.3, 0.4) is 0 Å². The quantitative estimate of drug-likeness (QED) is 0.637. The van der Waals surface area contributed by atoms with Crippen LogP contribution in [0.1, 0.15) is 31.8 Å². The first kappa shape index (κ1) is 19.4. The van der Waals surface area contributed by atoms with E-state index in [0.717, 1.165) is 16.0 Å². The van der Waals surface area contributed by atoms with E-state index in [-0.39, 0.29) is 0 Å². The number of aryl methyl sites for hydroxylation is 1. The van der Waals surface area contributed by atoms with E-state index in [2.05, 4.69) is 10.6 Å². The van der Waals surface area contributed by atoms with Crippen LogP contribution in [0.4, 0.5) is 10.5 Å². The summed E-state index contributed by atoms with van der Waals surface area (Å²) in [5.74, 6) is -0.820. The zero-order chi connectivity index (χ0) is 21.1. The predicted molar refractivity (Wildman–Crippen MR) is 114 cm³/mol. The molecule has 4 rings (SSSR count). The average molecular weight is 399 g/mol. The number of benzene rings is 3.